The summed E-state index contributed by atoms with van der Waals surface area (Å²) in [5, 5.41) is 5.49. The van der Waals surface area contributed by atoms with Crippen molar-refractivity contribution >= 4 is 28.3 Å². The Balaban J connectivity index is 1.91. The Labute approximate surface area is 114 Å². The fraction of sp³-hybridized carbons (Fsp3) is 0.385. The highest BCUT2D eigenvalue weighted by molar-refractivity contribution is 7.84. The SMILES string of the molecule is CS(=O)CCCNC(=O)c1ccc2c(c1)NC(=O)C2. The maximum atomic E-state index is 11.9. The van der Waals surface area contributed by atoms with Gasteiger partial charge in [-0.3, -0.25) is 13.8 Å². The molecule has 5 nitrogen and oxygen atoms in total. The lowest BCUT2D eigenvalue weighted by atomic mass is 10.1. The summed E-state index contributed by atoms with van der Waals surface area (Å²) in [6.07, 6.45) is 2.71. The van der Waals surface area contributed by atoms with Crippen molar-refractivity contribution in [1.29, 1.82) is 0 Å². The van der Waals surface area contributed by atoms with Crippen LogP contribution in [0.3, 0.4) is 0 Å². The van der Waals surface area contributed by atoms with Gasteiger partial charge in [0.15, 0.2) is 0 Å². The number of rotatable bonds is 5. The molecule has 0 fully saturated rings. The third kappa shape index (κ3) is 3.64. The third-order valence-corrected chi connectivity index (χ3v) is 3.75. The zero-order valence-corrected chi connectivity index (χ0v) is 11.5. The van der Waals surface area contributed by atoms with Crippen LogP contribution in [-0.2, 0) is 22.0 Å². The molecule has 1 unspecified atom stereocenters. The van der Waals surface area contributed by atoms with Crippen molar-refractivity contribution in [3.8, 4) is 0 Å². The predicted octanol–water partition coefficient (Wildman–Crippen LogP) is 0.680. The molecule has 0 aromatic heterocycles. The van der Waals surface area contributed by atoms with Gasteiger partial charge in [0.2, 0.25) is 5.91 Å². The van der Waals surface area contributed by atoms with E-state index in [2.05, 4.69) is 10.6 Å². The molecule has 6 heteroatoms. The molecule has 0 aliphatic carbocycles. The predicted molar refractivity (Wildman–Crippen MR) is 74.7 cm³/mol. The molecular formula is C13H16N2O3S. The summed E-state index contributed by atoms with van der Waals surface area (Å²) in [5.74, 6) is 0.365. The fourth-order valence-corrected chi connectivity index (χ4v) is 2.49. The van der Waals surface area contributed by atoms with Gasteiger partial charge in [-0.05, 0) is 24.1 Å². The quantitative estimate of drug-likeness (QED) is 0.779. The number of carbonyl (C=O) groups is 2. The second kappa shape index (κ2) is 5.97. The Hall–Kier alpha value is -1.69. The number of benzene rings is 1. The smallest absolute Gasteiger partial charge is 0.251 e. The molecule has 2 N–H and O–H groups in total. The van der Waals surface area contributed by atoms with Crippen LogP contribution in [0, 0.1) is 0 Å². The normalized spacial score (nSPS) is 14.7. The van der Waals surface area contributed by atoms with Gasteiger partial charge in [-0.1, -0.05) is 6.07 Å². The fourth-order valence-electron chi connectivity index (χ4n) is 1.93. The van der Waals surface area contributed by atoms with Crippen molar-refractivity contribution in [2.45, 2.75) is 12.8 Å². The van der Waals surface area contributed by atoms with Gasteiger partial charge in [0, 0.05) is 40.6 Å². The van der Waals surface area contributed by atoms with E-state index in [9.17, 15) is 13.8 Å². The molecule has 0 saturated heterocycles. The molecule has 0 spiro atoms. The third-order valence-electron chi connectivity index (χ3n) is 2.89. The largest absolute Gasteiger partial charge is 0.352 e. The van der Waals surface area contributed by atoms with Crippen molar-refractivity contribution in [2.75, 3.05) is 23.9 Å². The average molecular weight is 280 g/mol. The molecule has 0 bridgehead atoms. The van der Waals surface area contributed by atoms with Crippen molar-refractivity contribution in [2.24, 2.45) is 0 Å². The molecule has 1 atom stereocenters. The van der Waals surface area contributed by atoms with E-state index in [4.69, 9.17) is 0 Å². The van der Waals surface area contributed by atoms with Crippen LogP contribution in [0.25, 0.3) is 0 Å². The molecule has 102 valence electrons. The van der Waals surface area contributed by atoms with Gasteiger partial charge in [0.1, 0.15) is 0 Å². The van der Waals surface area contributed by atoms with Crippen molar-refractivity contribution < 1.29 is 13.8 Å². The minimum atomic E-state index is -0.827. The summed E-state index contributed by atoms with van der Waals surface area (Å²) >= 11 is 0. The molecule has 1 aromatic carbocycles. The Kier molecular flexibility index (Phi) is 4.31. The van der Waals surface area contributed by atoms with Crippen LogP contribution in [0.1, 0.15) is 22.3 Å². The summed E-state index contributed by atoms with van der Waals surface area (Å²) in [4.78, 5) is 23.1. The highest BCUT2D eigenvalue weighted by Crippen LogP contribution is 2.23. The Morgan fingerprint density at radius 1 is 1.47 bits per heavy atom. The number of nitrogens with one attached hydrogen (secondary N) is 2. The number of hydrogen-bond acceptors (Lipinski definition) is 3. The second-order valence-electron chi connectivity index (χ2n) is 4.48. The summed E-state index contributed by atoms with van der Waals surface area (Å²) in [6.45, 7) is 0.502. The maximum absolute atomic E-state index is 11.9. The van der Waals surface area contributed by atoms with Gasteiger partial charge in [0.25, 0.3) is 5.91 Å². The van der Waals surface area contributed by atoms with Crippen LogP contribution in [0.15, 0.2) is 18.2 Å². The topological polar surface area (TPSA) is 75.3 Å². The van der Waals surface area contributed by atoms with E-state index in [1.54, 1.807) is 24.5 Å². The number of fused-ring (bicyclic) bond motifs is 1. The highest BCUT2D eigenvalue weighted by Gasteiger charge is 2.18. The van der Waals surface area contributed by atoms with Crippen molar-refractivity contribution in [1.82, 2.24) is 5.32 Å². The molecular weight excluding hydrogens is 264 g/mol. The molecule has 1 heterocycles. The van der Waals surface area contributed by atoms with Crippen molar-refractivity contribution in [3.05, 3.63) is 29.3 Å². The minimum Gasteiger partial charge on any atom is -0.352 e. The first-order valence-corrected chi connectivity index (χ1v) is 7.80. The lowest BCUT2D eigenvalue weighted by Gasteiger charge is -2.06. The number of anilines is 1. The van der Waals surface area contributed by atoms with E-state index in [1.165, 1.54) is 0 Å². The van der Waals surface area contributed by atoms with Crippen LogP contribution >= 0.6 is 0 Å². The van der Waals surface area contributed by atoms with Crippen LogP contribution < -0.4 is 10.6 Å². The Morgan fingerprint density at radius 2 is 2.26 bits per heavy atom. The van der Waals surface area contributed by atoms with Gasteiger partial charge >= 0.3 is 0 Å². The highest BCUT2D eigenvalue weighted by atomic mass is 32.2. The van der Waals surface area contributed by atoms with Gasteiger partial charge in [0.05, 0.1) is 6.42 Å². The first-order valence-electron chi connectivity index (χ1n) is 6.07. The zero-order chi connectivity index (χ0) is 13.8. The van der Waals surface area contributed by atoms with E-state index in [1.807, 2.05) is 0 Å². The summed E-state index contributed by atoms with van der Waals surface area (Å²) in [6, 6.07) is 5.20. The second-order valence-corrected chi connectivity index (χ2v) is 6.04. The number of hydrogen-bond donors (Lipinski definition) is 2. The van der Waals surface area contributed by atoms with Crippen LogP contribution in [0.2, 0.25) is 0 Å². The van der Waals surface area contributed by atoms with Crippen LogP contribution in [0.4, 0.5) is 5.69 Å². The standard InChI is InChI=1S/C13H16N2O3S/c1-19(18)6-2-5-14-13(17)10-4-3-9-8-12(16)15-11(9)7-10/h3-4,7H,2,5-6,8H2,1H3,(H,14,17)(H,15,16). The maximum Gasteiger partial charge on any atom is 0.251 e. The molecule has 2 rings (SSSR count). The van der Waals surface area contributed by atoms with Crippen LogP contribution in [-0.4, -0.2) is 34.6 Å². The first-order chi connectivity index (χ1) is 9.06. The van der Waals surface area contributed by atoms with E-state index in [0.717, 1.165) is 5.56 Å². The molecule has 1 aliphatic heterocycles. The number of amides is 2. The Morgan fingerprint density at radius 3 is 3.00 bits per heavy atom. The first kappa shape index (κ1) is 13.7. The van der Waals surface area contributed by atoms with Gasteiger partial charge < -0.3 is 10.6 Å². The molecule has 1 aliphatic rings. The van der Waals surface area contributed by atoms with Gasteiger partial charge in [-0.25, -0.2) is 0 Å². The number of carbonyl (C=O) groups excluding carboxylic acids is 2. The Bertz CT molecular complexity index is 543. The van der Waals surface area contributed by atoms with Gasteiger partial charge in [-0.15, -0.1) is 0 Å². The lowest BCUT2D eigenvalue weighted by molar-refractivity contribution is -0.115. The van der Waals surface area contributed by atoms with E-state index < -0.39 is 10.8 Å². The van der Waals surface area contributed by atoms with E-state index in [-0.39, 0.29) is 11.8 Å². The molecule has 19 heavy (non-hydrogen) atoms. The average Bonchev–Trinajstić information content (AvgIpc) is 2.73. The summed E-state index contributed by atoms with van der Waals surface area (Å²) < 4.78 is 10.9. The molecule has 2 amide bonds. The van der Waals surface area contributed by atoms with Crippen molar-refractivity contribution in [3.63, 3.8) is 0 Å². The molecule has 1 aromatic rings. The zero-order valence-electron chi connectivity index (χ0n) is 10.7. The van der Waals surface area contributed by atoms with E-state index in [0.29, 0.717) is 36.4 Å². The molecule has 0 radical (unpaired) electrons. The minimum absolute atomic E-state index is 0.0435. The van der Waals surface area contributed by atoms with Gasteiger partial charge in [-0.2, -0.15) is 0 Å². The lowest BCUT2D eigenvalue weighted by Crippen LogP contribution is -2.25. The van der Waals surface area contributed by atoms with E-state index >= 15 is 0 Å². The summed E-state index contributed by atoms with van der Waals surface area (Å²) in [7, 11) is -0.827. The molecule has 0 saturated carbocycles. The summed E-state index contributed by atoms with van der Waals surface area (Å²) in [5.41, 5.74) is 2.16. The monoisotopic (exact) mass is 280 g/mol. The van der Waals surface area contributed by atoms with Crippen LogP contribution in [0.5, 0.6) is 0 Å².